The molecule has 1 aromatic carbocycles. The first kappa shape index (κ1) is 17.0. The minimum absolute atomic E-state index is 0. The number of carbonyl (C=O) groups excluding carboxylic acids is 1. The van der Waals surface area contributed by atoms with Crippen LogP contribution >= 0.6 is 12.4 Å². The van der Waals surface area contributed by atoms with E-state index >= 15 is 0 Å². The molecule has 1 heterocycles. The van der Waals surface area contributed by atoms with Crippen LogP contribution in [0.25, 0.3) is 0 Å². The lowest BCUT2D eigenvalue weighted by atomic mass is 10.1. The third-order valence-corrected chi connectivity index (χ3v) is 3.55. The van der Waals surface area contributed by atoms with E-state index in [0.29, 0.717) is 12.1 Å². The molecular weight excluding hydrogens is 274 g/mol. The van der Waals surface area contributed by atoms with Crippen molar-refractivity contribution < 1.29 is 4.79 Å². The third-order valence-electron chi connectivity index (χ3n) is 3.55. The van der Waals surface area contributed by atoms with Crippen LogP contribution in [-0.4, -0.2) is 36.0 Å². The summed E-state index contributed by atoms with van der Waals surface area (Å²) < 4.78 is 0. The molecule has 20 heavy (non-hydrogen) atoms. The third kappa shape index (κ3) is 4.78. The van der Waals surface area contributed by atoms with Gasteiger partial charge < -0.3 is 10.6 Å². The van der Waals surface area contributed by atoms with Gasteiger partial charge in [-0.15, -0.1) is 12.4 Å². The van der Waals surface area contributed by atoms with Gasteiger partial charge in [0.15, 0.2) is 0 Å². The van der Waals surface area contributed by atoms with Crippen LogP contribution in [0.15, 0.2) is 24.3 Å². The van der Waals surface area contributed by atoms with E-state index in [0.717, 1.165) is 25.3 Å². The van der Waals surface area contributed by atoms with Gasteiger partial charge in [0.25, 0.3) is 0 Å². The second kappa shape index (κ2) is 7.62. The Balaban J connectivity index is 0.00000200. The number of rotatable bonds is 3. The molecule has 0 spiro atoms. The predicted octanol–water partition coefficient (Wildman–Crippen LogP) is 2.25. The van der Waals surface area contributed by atoms with Gasteiger partial charge in [-0.2, -0.15) is 0 Å². The maximum atomic E-state index is 11.0. The highest BCUT2D eigenvalue weighted by molar-refractivity contribution is 5.88. The fourth-order valence-electron chi connectivity index (χ4n) is 2.45. The van der Waals surface area contributed by atoms with Gasteiger partial charge in [0.2, 0.25) is 5.91 Å². The largest absolute Gasteiger partial charge is 0.326 e. The Labute approximate surface area is 127 Å². The smallest absolute Gasteiger partial charge is 0.221 e. The number of carbonyl (C=O) groups is 1. The van der Waals surface area contributed by atoms with Crippen LogP contribution in [0.5, 0.6) is 0 Å². The van der Waals surface area contributed by atoms with Crippen molar-refractivity contribution in [1.82, 2.24) is 10.2 Å². The first-order chi connectivity index (χ1) is 9.04. The van der Waals surface area contributed by atoms with Crippen molar-refractivity contribution in [2.75, 3.05) is 18.4 Å². The normalized spacial score (nSPS) is 22.9. The van der Waals surface area contributed by atoms with Crippen molar-refractivity contribution in [2.45, 2.75) is 39.4 Å². The monoisotopic (exact) mass is 297 g/mol. The number of hydrogen-bond donors (Lipinski definition) is 2. The summed E-state index contributed by atoms with van der Waals surface area (Å²) in [4.78, 5) is 13.5. The standard InChI is InChI=1S/C15H23N3O.ClH/c1-11-9-18(12(2)8-16-11)10-14-4-6-15(7-5-14)17-13(3)19;/h4-7,11-12,16H,8-10H2,1-3H3,(H,17,19);1H. The molecule has 1 saturated heterocycles. The fraction of sp³-hybridized carbons (Fsp3) is 0.533. The molecule has 1 aliphatic rings. The van der Waals surface area contributed by atoms with E-state index in [4.69, 9.17) is 0 Å². The van der Waals surface area contributed by atoms with E-state index in [2.05, 4.69) is 41.5 Å². The summed E-state index contributed by atoms with van der Waals surface area (Å²) in [5.41, 5.74) is 2.15. The number of nitrogens with zero attached hydrogens (tertiary/aromatic N) is 1. The van der Waals surface area contributed by atoms with Crippen LogP contribution in [0.2, 0.25) is 0 Å². The first-order valence-corrected chi connectivity index (χ1v) is 6.88. The summed E-state index contributed by atoms with van der Waals surface area (Å²) in [6.45, 7) is 9.09. The number of benzene rings is 1. The maximum Gasteiger partial charge on any atom is 0.221 e. The molecular formula is C15H24ClN3O. The van der Waals surface area contributed by atoms with Crippen LogP contribution in [0.1, 0.15) is 26.3 Å². The van der Waals surface area contributed by atoms with Gasteiger partial charge in [-0.25, -0.2) is 0 Å². The Bertz CT molecular complexity index is 435. The van der Waals surface area contributed by atoms with Crippen molar-refractivity contribution in [3.05, 3.63) is 29.8 Å². The van der Waals surface area contributed by atoms with E-state index in [1.54, 1.807) is 0 Å². The van der Waals surface area contributed by atoms with Gasteiger partial charge in [0.1, 0.15) is 0 Å². The summed E-state index contributed by atoms with van der Waals surface area (Å²) >= 11 is 0. The Morgan fingerprint density at radius 3 is 2.60 bits per heavy atom. The van der Waals surface area contributed by atoms with Crippen LogP contribution in [-0.2, 0) is 11.3 Å². The zero-order chi connectivity index (χ0) is 13.8. The summed E-state index contributed by atoms with van der Waals surface area (Å²) in [6.07, 6.45) is 0. The summed E-state index contributed by atoms with van der Waals surface area (Å²) in [6, 6.07) is 9.22. The molecule has 2 rings (SSSR count). The summed E-state index contributed by atoms with van der Waals surface area (Å²) in [7, 11) is 0. The van der Waals surface area contributed by atoms with E-state index in [-0.39, 0.29) is 18.3 Å². The minimum atomic E-state index is -0.0303. The molecule has 0 bridgehead atoms. The molecule has 0 radical (unpaired) electrons. The quantitative estimate of drug-likeness (QED) is 0.899. The maximum absolute atomic E-state index is 11.0. The highest BCUT2D eigenvalue weighted by Gasteiger charge is 2.21. The van der Waals surface area contributed by atoms with Crippen molar-refractivity contribution in [3.63, 3.8) is 0 Å². The van der Waals surface area contributed by atoms with E-state index in [9.17, 15) is 4.79 Å². The molecule has 0 aliphatic carbocycles. The van der Waals surface area contributed by atoms with Crippen molar-refractivity contribution in [1.29, 1.82) is 0 Å². The van der Waals surface area contributed by atoms with E-state index in [1.807, 2.05) is 12.1 Å². The van der Waals surface area contributed by atoms with Gasteiger partial charge in [0.05, 0.1) is 0 Å². The van der Waals surface area contributed by atoms with Crippen LogP contribution in [0.4, 0.5) is 5.69 Å². The lowest BCUT2D eigenvalue weighted by Crippen LogP contribution is -2.53. The molecule has 4 nitrogen and oxygen atoms in total. The average Bonchev–Trinajstić information content (AvgIpc) is 2.35. The highest BCUT2D eigenvalue weighted by Crippen LogP contribution is 2.15. The Morgan fingerprint density at radius 2 is 2.00 bits per heavy atom. The zero-order valence-corrected chi connectivity index (χ0v) is 13.2. The molecule has 1 aliphatic heterocycles. The van der Waals surface area contributed by atoms with Gasteiger partial charge in [-0.05, 0) is 31.5 Å². The van der Waals surface area contributed by atoms with Crippen molar-refractivity contribution >= 4 is 24.0 Å². The number of piperazine rings is 1. The van der Waals surface area contributed by atoms with E-state index in [1.165, 1.54) is 12.5 Å². The number of nitrogens with one attached hydrogen (secondary N) is 2. The predicted molar refractivity (Wildman–Crippen MR) is 85.3 cm³/mol. The van der Waals surface area contributed by atoms with Gasteiger partial charge >= 0.3 is 0 Å². The molecule has 0 saturated carbocycles. The van der Waals surface area contributed by atoms with Gasteiger partial charge in [-0.1, -0.05) is 12.1 Å². The molecule has 2 atom stereocenters. The SMILES string of the molecule is CC(=O)Nc1ccc(CN2CC(C)NCC2C)cc1.Cl. The molecule has 1 aromatic rings. The minimum Gasteiger partial charge on any atom is -0.326 e. The molecule has 1 fully saturated rings. The van der Waals surface area contributed by atoms with Crippen molar-refractivity contribution in [3.8, 4) is 0 Å². The summed E-state index contributed by atoms with van der Waals surface area (Å²) in [5.74, 6) is -0.0303. The Kier molecular flexibility index (Phi) is 6.46. The molecule has 112 valence electrons. The number of hydrogen-bond acceptors (Lipinski definition) is 3. The van der Waals surface area contributed by atoms with Crippen LogP contribution in [0, 0.1) is 0 Å². The molecule has 2 N–H and O–H groups in total. The average molecular weight is 298 g/mol. The van der Waals surface area contributed by atoms with Gasteiger partial charge in [0, 0.05) is 44.3 Å². The molecule has 1 amide bonds. The first-order valence-electron chi connectivity index (χ1n) is 6.88. The topological polar surface area (TPSA) is 44.4 Å². The molecule has 2 unspecified atom stereocenters. The molecule has 5 heteroatoms. The lowest BCUT2D eigenvalue weighted by molar-refractivity contribution is -0.114. The highest BCUT2D eigenvalue weighted by atomic mass is 35.5. The Hall–Kier alpha value is -1.10. The molecule has 0 aromatic heterocycles. The number of halogens is 1. The van der Waals surface area contributed by atoms with E-state index < -0.39 is 0 Å². The summed E-state index contributed by atoms with van der Waals surface area (Å²) in [5, 5.41) is 6.28. The van der Waals surface area contributed by atoms with Crippen molar-refractivity contribution in [2.24, 2.45) is 0 Å². The number of anilines is 1. The second-order valence-corrected chi connectivity index (χ2v) is 5.47. The fourth-order valence-corrected chi connectivity index (χ4v) is 2.45. The number of amides is 1. The van der Waals surface area contributed by atoms with Gasteiger partial charge in [-0.3, -0.25) is 9.69 Å². The van der Waals surface area contributed by atoms with Crippen LogP contribution < -0.4 is 10.6 Å². The Morgan fingerprint density at radius 1 is 1.35 bits per heavy atom. The lowest BCUT2D eigenvalue weighted by Gasteiger charge is -2.37. The zero-order valence-electron chi connectivity index (χ0n) is 12.3. The van der Waals surface area contributed by atoms with Crippen LogP contribution in [0.3, 0.4) is 0 Å². The second-order valence-electron chi connectivity index (χ2n) is 5.47.